The first-order chi connectivity index (χ1) is 31.2. The molecular formula is C60H37NOS. The summed E-state index contributed by atoms with van der Waals surface area (Å²) in [7, 11) is 0. The van der Waals surface area contributed by atoms with Crippen molar-refractivity contribution >= 4 is 103 Å². The van der Waals surface area contributed by atoms with Crippen LogP contribution in [0, 0.1) is 0 Å². The SMILES string of the molecule is c1ccc2cc(-c3c(N(c4ccc(-c5cccc6c5oc5ccccc56)cc4)c4ccc(-c5cccc6c5sc5ccccc56)cc4)c4ccccc4c4ccccc34)ccc2c1. The van der Waals surface area contributed by atoms with Crippen LogP contribution in [-0.4, -0.2) is 0 Å². The van der Waals surface area contributed by atoms with Crippen LogP contribution in [0.3, 0.4) is 0 Å². The van der Waals surface area contributed by atoms with E-state index in [-0.39, 0.29) is 0 Å². The minimum absolute atomic E-state index is 0.902. The van der Waals surface area contributed by atoms with Crippen LogP contribution in [-0.2, 0) is 0 Å². The maximum atomic E-state index is 6.52. The summed E-state index contributed by atoms with van der Waals surface area (Å²) in [5.41, 5.74) is 12.1. The van der Waals surface area contributed by atoms with E-state index in [1.807, 2.05) is 17.4 Å². The Morgan fingerprint density at radius 3 is 1.65 bits per heavy atom. The molecule has 11 aromatic carbocycles. The number of hydrogen-bond donors (Lipinski definition) is 0. The zero-order chi connectivity index (χ0) is 41.4. The Kier molecular flexibility index (Phi) is 8.12. The fourth-order valence-electron chi connectivity index (χ4n) is 9.93. The molecule has 13 aromatic rings. The molecule has 2 nitrogen and oxygen atoms in total. The molecule has 0 radical (unpaired) electrons. The van der Waals surface area contributed by atoms with Crippen LogP contribution in [0.2, 0.25) is 0 Å². The highest BCUT2D eigenvalue weighted by atomic mass is 32.1. The fourth-order valence-corrected chi connectivity index (χ4v) is 11.2. The van der Waals surface area contributed by atoms with E-state index in [0.717, 1.165) is 50.1 Å². The molecule has 0 bridgehead atoms. The van der Waals surface area contributed by atoms with E-state index in [1.54, 1.807) is 0 Å². The van der Waals surface area contributed by atoms with Gasteiger partial charge in [-0.15, -0.1) is 11.3 Å². The molecule has 0 amide bonds. The Morgan fingerprint density at radius 1 is 0.349 bits per heavy atom. The molecule has 0 aliphatic carbocycles. The third-order valence-corrected chi connectivity index (χ3v) is 14.1. The molecule has 0 unspecified atom stereocenters. The van der Waals surface area contributed by atoms with E-state index in [2.05, 4.69) is 223 Å². The lowest BCUT2D eigenvalue weighted by Gasteiger charge is -2.31. The first-order valence-electron chi connectivity index (χ1n) is 21.5. The van der Waals surface area contributed by atoms with Crippen molar-refractivity contribution in [3.63, 3.8) is 0 Å². The smallest absolute Gasteiger partial charge is 0.143 e. The topological polar surface area (TPSA) is 16.4 Å². The Morgan fingerprint density at radius 2 is 0.889 bits per heavy atom. The Balaban J connectivity index is 1.05. The second kappa shape index (κ2) is 14.3. The van der Waals surface area contributed by atoms with Crippen molar-refractivity contribution in [3.05, 3.63) is 224 Å². The summed E-state index contributed by atoms with van der Waals surface area (Å²) in [4.78, 5) is 2.48. The third-order valence-electron chi connectivity index (χ3n) is 12.8. The molecule has 0 N–H and O–H groups in total. The summed E-state index contributed by atoms with van der Waals surface area (Å²) < 4.78 is 9.15. The van der Waals surface area contributed by atoms with Crippen LogP contribution in [0.1, 0.15) is 0 Å². The highest BCUT2D eigenvalue weighted by Gasteiger charge is 2.24. The Bertz CT molecular complexity index is 3760. The van der Waals surface area contributed by atoms with Crippen molar-refractivity contribution in [2.45, 2.75) is 0 Å². The Hall–Kier alpha value is -7.98. The maximum absolute atomic E-state index is 6.52. The van der Waals surface area contributed by atoms with E-state index in [1.165, 1.54) is 74.7 Å². The Labute approximate surface area is 368 Å². The van der Waals surface area contributed by atoms with E-state index < -0.39 is 0 Å². The summed E-state index contributed by atoms with van der Waals surface area (Å²) in [5.74, 6) is 0. The van der Waals surface area contributed by atoms with Crippen LogP contribution in [0.25, 0.3) is 108 Å². The molecular weight excluding hydrogens is 783 g/mol. The molecule has 13 rings (SSSR count). The van der Waals surface area contributed by atoms with Gasteiger partial charge in [0.25, 0.3) is 0 Å². The van der Waals surface area contributed by atoms with Crippen molar-refractivity contribution in [1.29, 1.82) is 0 Å². The first kappa shape index (κ1) is 35.7. The number of rotatable bonds is 6. The van der Waals surface area contributed by atoms with E-state index in [0.29, 0.717) is 0 Å². The van der Waals surface area contributed by atoms with Gasteiger partial charge in [0.2, 0.25) is 0 Å². The quantitative estimate of drug-likeness (QED) is 0.155. The number of thiophene rings is 1. The van der Waals surface area contributed by atoms with Crippen molar-refractivity contribution in [1.82, 2.24) is 0 Å². The minimum atomic E-state index is 0.902. The van der Waals surface area contributed by atoms with Crippen LogP contribution >= 0.6 is 11.3 Å². The van der Waals surface area contributed by atoms with Crippen LogP contribution < -0.4 is 4.90 Å². The zero-order valence-electron chi connectivity index (χ0n) is 34.1. The van der Waals surface area contributed by atoms with Gasteiger partial charge in [0.1, 0.15) is 11.2 Å². The van der Waals surface area contributed by atoms with E-state index in [4.69, 9.17) is 4.42 Å². The third kappa shape index (κ3) is 5.71. The highest BCUT2D eigenvalue weighted by Crippen LogP contribution is 2.50. The second-order valence-electron chi connectivity index (χ2n) is 16.4. The molecule has 0 saturated heterocycles. The minimum Gasteiger partial charge on any atom is -0.455 e. The lowest BCUT2D eigenvalue weighted by atomic mass is 9.89. The number of hydrogen-bond acceptors (Lipinski definition) is 3. The number of fused-ring (bicyclic) bond motifs is 10. The fraction of sp³-hybridized carbons (Fsp3) is 0. The predicted molar refractivity (Wildman–Crippen MR) is 270 cm³/mol. The number of furan rings is 1. The highest BCUT2D eigenvalue weighted by molar-refractivity contribution is 7.26. The summed E-state index contributed by atoms with van der Waals surface area (Å²) in [5, 5.41) is 12.2. The number of para-hydroxylation sites is 2. The molecule has 0 aliphatic rings. The van der Waals surface area contributed by atoms with Gasteiger partial charge in [-0.05, 0) is 91.6 Å². The average molecular weight is 820 g/mol. The van der Waals surface area contributed by atoms with E-state index >= 15 is 0 Å². The number of anilines is 3. The molecule has 2 heterocycles. The summed E-state index contributed by atoms with van der Waals surface area (Å²) in [6.07, 6.45) is 0. The zero-order valence-corrected chi connectivity index (χ0v) is 34.9. The molecule has 0 saturated carbocycles. The van der Waals surface area contributed by atoms with Crippen LogP contribution in [0.15, 0.2) is 229 Å². The summed E-state index contributed by atoms with van der Waals surface area (Å²) >= 11 is 1.87. The summed E-state index contributed by atoms with van der Waals surface area (Å²) in [6.45, 7) is 0. The van der Waals surface area contributed by atoms with Gasteiger partial charge >= 0.3 is 0 Å². The van der Waals surface area contributed by atoms with Gasteiger partial charge in [0, 0.05) is 58.8 Å². The monoisotopic (exact) mass is 819 g/mol. The first-order valence-corrected chi connectivity index (χ1v) is 22.3. The van der Waals surface area contributed by atoms with Gasteiger partial charge in [-0.2, -0.15) is 0 Å². The van der Waals surface area contributed by atoms with Crippen molar-refractivity contribution in [2.24, 2.45) is 0 Å². The lowest BCUT2D eigenvalue weighted by Crippen LogP contribution is -2.12. The normalized spacial score (nSPS) is 11.8. The van der Waals surface area contributed by atoms with Gasteiger partial charge in [-0.1, -0.05) is 182 Å². The molecule has 294 valence electrons. The lowest BCUT2D eigenvalue weighted by molar-refractivity contribution is 0.670. The molecule has 3 heteroatoms. The van der Waals surface area contributed by atoms with E-state index in [9.17, 15) is 0 Å². The molecule has 0 atom stereocenters. The number of nitrogens with zero attached hydrogens (tertiary/aromatic N) is 1. The van der Waals surface area contributed by atoms with Gasteiger partial charge in [0.05, 0.1) is 5.69 Å². The standard InChI is InChI=1S/C60H37NOS/c1-2-14-41-37-42(28-27-38(41)13-1)57-51-19-5-3-15-47(51)48-16-4-6-20-52(48)58(57)61(43-33-29-39(30-34-43)45-21-11-23-53-49-17-7-9-25-55(49)62-59(45)53)44-35-31-40(32-36-44)46-22-12-24-54-50-18-8-10-26-56(50)63-60(46)54/h1-37H. The van der Waals surface area contributed by atoms with Gasteiger partial charge in [-0.25, -0.2) is 0 Å². The summed E-state index contributed by atoms with van der Waals surface area (Å²) in [6, 6.07) is 81.9. The van der Waals surface area contributed by atoms with Crippen LogP contribution in [0.4, 0.5) is 17.1 Å². The average Bonchev–Trinajstić information content (AvgIpc) is 3.93. The largest absolute Gasteiger partial charge is 0.455 e. The van der Waals surface area contributed by atoms with Gasteiger partial charge in [-0.3, -0.25) is 0 Å². The molecule has 0 fully saturated rings. The van der Waals surface area contributed by atoms with Gasteiger partial charge < -0.3 is 9.32 Å². The molecule has 2 aromatic heterocycles. The second-order valence-corrected chi connectivity index (χ2v) is 17.4. The van der Waals surface area contributed by atoms with Gasteiger partial charge in [0.15, 0.2) is 0 Å². The molecule has 0 aliphatic heterocycles. The van der Waals surface area contributed by atoms with Crippen LogP contribution in [0.5, 0.6) is 0 Å². The van der Waals surface area contributed by atoms with Crippen molar-refractivity contribution in [3.8, 4) is 33.4 Å². The van der Waals surface area contributed by atoms with Crippen molar-refractivity contribution < 1.29 is 4.42 Å². The molecule has 63 heavy (non-hydrogen) atoms. The van der Waals surface area contributed by atoms with Crippen molar-refractivity contribution in [2.75, 3.05) is 4.90 Å². The molecule has 0 spiro atoms. The number of benzene rings is 11. The predicted octanol–water partition coefficient (Wildman–Crippen LogP) is 17.9. The maximum Gasteiger partial charge on any atom is 0.143 e.